The van der Waals surface area contributed by atoms with Gasteiger partial charge in [0.1, 0.15) is 0 Å². The molecule has 1 aromatic carbocycles. The second kappa shape index (κ2) is 6.60. The first-order valence-electron chi connectivity index (χ1n) is 5.00. The van der Waals surface area contributed by atoms with Gasteiger partial charge in [-0.1, -0.05) is 15.9 Å². The van der Waals surface area contributed by atoms with Crippen LogP contribution in [0.25, 0.3) is 0 Å². The van der Waals surface area contributed by atoms with Crippen LogP contribution in [0.15, 0.2) is 32.0 Å². The number of rotatable bonds is 5. The van der Waals surface area contributed by atoms with Crippen LogP contribution in [0.3, 0.4) is 0 Å². The van der Waals surface area contributed by atoms with Crippen LogP contribution in [-0.2, 0) is 20.8 Å². The molecule has 0 saturated heterocycles. The monoisotopic (exact) mass is 417 g/mol. The van der Waals surface area contributed by atoms with Gasteiger partial charge in [0.25, 0.3) is 0 Å². The van der Waals surface area contributed by atoms with Crippen molar-refractivity contribution in [3.63, 3.8) is 0 Å². The molecule has 1 N–H and O–H groups in total. The zero-order chi connectivity index (χ0) is 13.9. The molecule has 0 saturated carbocycles. The van der Waals surface area contributed by atoms with E-state index in [-0.39, 0.29) is 16.7 Å². The number of halogens is 2. The van der Waals surface area contributed by atoms with Crippen molar-refractivity contribution in [2.45, 2.75) is 17.9 Å². The van der Waals surface area contributed by atoms with E-state index < -0.39 is 20.8 Å². The number of hydrogen-bond acceptors (Lipinski definition) is 3. The first kappa shape index (κ1) is 16.3. The molecule has 1 aromatic rings. The van der Waals surface area contributed by atoms with E-state index in [0.717, 1.165) is 0 Å². The molecule has 0 aromatic heterocycles. The Bertz CT molecular complexity index is 560. The van der Waals surface area contributed by atoms with E-state index >= 15 is 0 Å². The highest BCUT2D eigenvalue weighted by atomic mass is 79.9. The lowest BCUT2D eigenvalue weighted by Gasteiger charge is -2.14. The van der Waals surface area contributed by atoms with Gasteiger partial charge in [0.05, 0.1) is 4.90 Å². The van der Waals surface area contributed by atoms with Crippen molar-refractivity contribution in [2.75, 3.05) is 12.0 Å². The van der Waals surface area contributed by atoms with Crippen LogP contribution in [0.5, 0.6) is 0 Å². The minimum absolute atomic E-state index is 0.158. The summed E-state index contributed by atoms with van der Waals surface area (Å²) in [7, 11) is -4.66. The van der Waals surface area contributed by atoms with Crippen molar-refractivity contribution >= 4 is 52.7 Å². The summed E-state index contributed by atoms with van der Waals surface area (Å²) in [6, 6.07) is 4.53. The molecular weight excluding hydrogens is 406 g/mol. The molecule has 4 nitrogen and oxygen atoms in total. The molecule has 8 heteroatoms. The molecule has 102 valence electrons. The van der Waals surface area contributed by atoms with Crippen molar-refractivity contribution in [3.8, 4) is 0 Å². The molecule has 0 amide bonds. The Morgan fingerprint density at radius 2 is 2.00 bits per heavy atom. The van der Waals surface area contributed by atoms with Gasteiger partial charge < -0.3 is 0 Å². The summed E-state index contributed by atoms with van der Waals surface area (Å²) in [6.45, 7) is 1.69. The van der Waals surface area contributed by atoms with Gasteiger partial charge >= 0.3 is 0 Å². The van der Waals surface area contributed by atoms with E-state index in [1.54, 1.807) is 25.3 Å². The van der Waals surface area contributed by atoms with Gasteiger partial charge in [0.15, 0.2) is 0 Å². The van der Waals surface area contributed by atoms with Gasteiger partial charge in [0.2, 0.25) is 10.0 Å². The lowest BCUT2D eigenvalue weighted by Crippen LogP contribution is -2.36. The van der Waals surface area contributed by atoms with Gasteiger partial charge in [-0.3, -0.25) is 4.21 Å². The third-order valence-electron chi connectivity index (χ3n) is 2.02. The molecule has 0 aliphatic carbocycles. The molecule has 2 atom stereocenters. The van der Waals surface area contributed by atoms with Crippen LogP contribution in [0.1, 0.15) is 6.92 Å². The maximum atomic E-state index is 12.1. The van der Waals surface area contributed by atoms with E-state index in [4.69, 9.17) is 0 Å². The quantitative estimate of drug-likeness (QED) is 0.797. The van der Waals surface area contributed by atoms with Crippen molar-refractivity contribution in [1.82, 2.24) is 4.72 Å². The van der Waals surface area contributed by atoms with Crippen LogP contribution in [-0.4, -0.2) is 30.7 Å². The standard InChI is InChI=1S/C10H13Br2NO3S2/c1-7(6-17(2)14)13-18(15,16)10-5-8(11)3-4-9(10)12/h3-5,7,13H,6H2,1-2H3. The van der Waals surface area contributed by atoms with E-state index in [2.05, 4.69) is 36.6 Å². The number of hydrogen-bond donors (Lipinski definition) is 1. The molecule has 0 spiro atoms. The Labute approximate surface area is 126 Å². The Hall–Kier alpha value is 0.240. The van der Waals surface area contributed by atoms with Crippen LogP contribution in [0.4, 0.5) is 0 Å². The first-order chi connectivity index (χ1) is 8.22. The van der Waals surface area contributed by atoms with Crippen LogP contribution < -0.4 is 4.72 Å². The minimum Gasteiger partial charge on any atom is -0.260 e. The average Bonchev–Trinajstić information content (AvgIpc) is 2.19. The van der Waals surface area contributed by atoms with E-state index in [1.165, 1.54) is 6.07 Å². The maximum absolute atomic E-state index is 12.1. The zero-order valence-electron chi connectivity index (χ0n) is 9.81. The number of benzene rings is 1. The van der Waals surface area contributed by atoms with Crippen molar-refractivity contribution < 1.29 is 12.6 Å². The molecule has 0 heterocycles. The fraction of sp³-hybridized carbons (Fsp3) is 0.400. The third kappa shape index (κ3) is 4.73. The lowest BCUT2D eigenvalue weighted by atomic mass is 10.4. The molecule has 0 aliphatic heterocycles. The molecular formula is C10H13Br2NO3S2. The average molecular weight is 419 g/mol. The summed E-state index contributed by atoms with van der Waals surface area (Å²) < 4.78 is 39.0. The largest absolute Gasteiger partial charge is 0.260 e. The van der Waals surface area contributed by atoms with Crippen LogP contribution in [0, 0.1) is 0 Å². The summed E-state index contributed by atoms with van der Waals surface area (Å²) in [5.41, 5.74) is 0. The normalized spacial score (nSPS) is 15.3. The summed E-state index contributed by atoms with van der Waals surface area (Å²) >= 11 is 6.44. The van der Waals surface area contributed by atoms with Gasteiger partial charge in [0, 0.05) is 37.8 Å². The summed E-state index contributed by atoms with van der Waals surface area (Å²) in [5, 5.41) is 0. The minimum atomic E-state index is -3.62. The SMILES string of the molecule is CC(CS(C)=O)NS(=O)(=O)c1cc(Br)ccc1Br. The fourth-order valence-corrected chi connectivity index (χ4v) is 5.04. The Kier molecular flexibility index (Phi) is 5.98. The fourth-order valence-electron chi connectivity index (χ4n) is 1.40. The molecule has 18 heavy (non-hydrogen) atoms. The molecule has 1 rings (SSSR count). The van der Waals surface area contributed by atoms with Crippen molar-refractivity contribution in [2.24, 2.45) is 0 Å². The van der Waals surface area contributed by atoms with Crippen LogP contribution in [0.2, 0.25) is 0 Å². The highest BCUT2D eigenvalue weighted by Crippen LogP contribution is 2.25. The van der Waals surface area contributed by atoms with Gasteiger partial charge in [-0.15, -0.1) is 0 Å². The molecule has 2 unspecified atom stereocenters. The second-order valence-corrected chi connectivity index (χ2v) is 8.77. The summed E-state index contributed by atoms with van der Waals surface area (Å²) in [4.78, 5) is 0.158. The second-order valence-electron chi connectivity index (χ2n) is 3.84. The Morgan fingerprint density at radius 1 is 1.39 bits per heavy atom. The molecule has 0 fully saturated rings. The Balaban J connectivity index is 2.99. The summed E-state index contributed by atoms with van der Waals surface area (Å²) in [5.74, 6) is 0.283. The predicted molar refractivity (Wildman–Crippen MR) is 80.6 cm³/mol. The zero-order valence-corrected chi connectivity index (χ0v) is 14.6. The van der Waals surface area contributed by atoms with Crippen molar-refractivity contribution in [3.05, 3.63) is 27.1 Å². The van der Waals surface area contributed by atoms with Crippen LogP contribution >= 0.6 is 31.9 Å². The van der Waals surface area contributed by atoms with E-state index in [0.29, 0.717) is 8.95 Å². The highest BCUT2D eigenvalue weighted by Gasteiger charge is 2.20. The topological polar surface area (TPSA) is 63.2 Å². The number of sulfonamides is 1. The van der Waals surface area contributed by atoms with E-state index in [1.807, 2.05) is 0 Å². The summed E-state index contributed by atoms with van der Waals surface area (Å²) in [6.07, 6.45) is 1.54. The Morgan fingerprint density at radius 3 is 2.56 bits per heavy atom. The van der Waals surface area contributed by atoms with Gasteiger partial charge in [-0.2, -0.15) is 0 Å². The third-order valence-corrected chi connectivity index (χ3v) is 6.07. The van der Waals surface area contributed by atoms with Gasteiger partial charge in [-0.25, -0.2) is 13.1 Å². The van der Waals surface area contributed by atoms with Gasteiger partial charge in [-0.05, 0) is 41.1 Å². The maximum Gasteiger partial charge on any atom is 0.242 e. The van der Waals surface area contributed by atoms with E-state index in [9.17, 15) is 12.6 Å². The first-order valence-corrected chi connectivity index (χ1v) is 9.79. The highest BCUT2D eigenvalue weighted by molar-refractivity contribution is 9.11. The predicted octanol–water partition coefficient (Wildman–Crippen LogP) is 2.26. The molecule has 0 radical (unpaired) electrons. The lowest BCUT2D eigenvalue weighted by molar-refractivity contribution is 0.569. The van der Waals surface area contributed by atoms with Crippen molar-refractivity contribution in [1.29, 1.82) is 0 Å². The molecule has 0 bridgehead atoms. The molecule has 0 aliphatic rings. The number of nitrogens with one attached hydrogen (secondary N) is 1. The smallest absolute Gasteiger partial charge is 0.242 e.